The van der Waals surface area contributed by atoms with E-state index in [1.54, 1.807) is 0 Å². The van der Waals surface area contributed by atoms with E-state index in [0.717, 1.165) is 0 Å². The Labute approximate surface area is 76.9 Å². The zero-order valence-electron chi connectivity index (χ0n) is 8.82. The molecule has 1 nitrogen and oxygen atoms in total. The fraction of sp³-hybridized carbons (Fsp3) is 1.00. The molecule has 1 aliphatic rings. The molecule has 0 heterocycles. The van der Waals surface area contributed by atoms with Gasteiger partial charge in [-0.2, -0.15) is 0 Å². The molecule has 1 fully saturated rings. The first-order valence-corrected chi connectivity index (χ1v) is 5.40. The van der Waals surface area contributed by atoms with Crippen molar-refractivity contribution >= 4 is 0 Å². The molecule has 1 atom stereocenters. The lowest BCUT2D eigenvalue weighted by molar-refractivity contribution is 0.299. The minimum atomic E-state index is 0.615. The molecule has 72 valence electrons. The highest BCUT2D eigenvalue weighted by atomic mass is 14.9. The summed E-state index contributed by atoms with van der Waals surface area (Å²) in [5.41, 5.74) is 0.615. The Hall–Kier alpha value is -0.0400. The molecule has 1 unspecified atom stereocenters. The van der Waals surface area contributed by atoms with Crippen LogP contribution in [0, 0.1) is 5.41 Å². The SMILES string of the molecule is CCC(C)NCC1(C)CCCC1. The molecular weight excluding hydrogens is 146 g/mol. The summed E-state index contributed by atoms with van der Waals surface area (Å²) in [4.78, 5) is 0. The van der Waals surface area contributed by atoms with Crippen molar-refractivity contribution < 1.29 is 0 Å². The van der Waals surface area contributed by atoms with Crippen LogP contribution >= 0.6 is 0 Å². The Morgan fingerprint density at radius 3 is 2.42 bits per heavy atom. The molecule has 0 aromatic rings. The predicted molar refractivity (Wildman–Crippen MR) is 54.3 cm³/mol. The molecule has 0 aliphatic heterocycles. The van der Waals surface area contributed by atoms with Crippen molar-refractivity contribution in [2.24, 2.45) is 5.41 Å². The van der Waals surface area contributed by atoms with Crippen LogP contribution in [0.4, 0.5) is 0 Å². The standard InChI is InChI=1S/C11H23N/c1-4-10(2)12-9-11(3)7-5-6-8-11/h10,12H,4-9H2,1-3H3. The maximum atomic E-state index is 3.61. The third-order valence-corrected chi connectivity index (χ3v) is 3.30. The highest BCUT2D eigenvalue weighted by molar-refractivity contribution is 4.82. The van der Waals surface area contributed by atoms with Crippen molar-refractivity contribution in [3.8, 4) is 0 Å². The second-order valence-electron chi connectivity index (χ2n) is 4.71. The summed E-state index contributed by atoms with van der Waals surface area (Å²) < 4.78 is 0. The molecule has 1 N–H and O–H groups in total. The van der Waals surface area contributed by atoms with E-state index in [9.17, 15) is 0 Å². The highest BCUT2D eigenvalue weighted by Crippen LogP contribution is 2.36. The van der Waals surface area contributed by atoms with Crippen molar-refractivity contribution in [2.75, 3.05) is 6.54 Å². The van der Waals surface area contributed by atoms with Gasteiger partial charge in [0, 0.05) is 12.6 Å². The van der Waals surface area contributed by atoms with E-state index in [0.29, 0.717) is 11.5 Å². The maximum absolute atomic E-state index is 3.61. The highest BCUT2D eigenvalue weighted by Gasteiger charge is 2.28. The lowest BCUT2D eigenvalue weighted by Gasteiger charge is -2.25. The first-order chi connectivity index (χ1) is 5.66. The molecule has 0 spiro atoms. The van der Waals surface area contributed by atoms with Gasteiger partial charge in [0.1, 0.15) is 0 Å². The van der Waals surface area contributed by atoms with Crippen LogP contribution in [0.1, 0.15) is 52.9 Å². The van der Waals surface area contributed by atoms with E-state index in [-0.39, 0.29) is 0 Å². The zero-order chi connectivity index (χ0) is 9.03. The van der Waals surface area contributed by atoms with Crippen LogP contribution in [0.25, 0.3) is 0 Å². The Bertz CT molecular complexity index is 125. The summed E-state index contributed by atoms with van der Waals surface area (Å²) in [5.74, 6) is 0. The van der Waals surface area contributed by atoms with Crippen molar-refractivity contribution in [1.82, 2.24) is 5.32 Å². The minimum Gasteiger partial charge on any atom is -0.314 e. The molecule has 1 aliphatic carbocycles. The number of hydrogen-bond donors (Lipinski definition) is 1. The normalized spacial score (nSPS) is 24.2. The summed E-state index contributed by atoms with van der Waals surface area (Å²) in [5, 5.41) is 3.61. The van der Waals surface area contributed by atoms with Crippen LogP contribution in [0.5, 0.6) is 0 Å². The summed E-state index contributed by atoms with van der Waals surface area (Å²) in [6.07, 6.45) is 6.99. The summed E-state index contributed by atoms with van der Waals surface area (Å²) in [7, 11) is 0. The van der Waals surface area contributed by atoms with E-state index in [1.807, 2.05) is 0 Å². The maximum Gasteiger partial charge on any atom is 0.00363 e. The van der Waals surface area contributed by atoms with E-state index < -0.39 is 0 Å². The quantitative estimate of drug-likeness (QED) is 0.682. The van der Waals surface area contributed by atoms with Gasteiger partial charge in [0.2, 0.25) is 0 Å². The van der Waals surface area contributed by atoms with Crippen molar-refractivity contribution in [3.05, 3.63) is 0 Å². The monoisotopic (exact) mass is 169 g/mol. The second-order valence-corrected chi connectivity index (χ2v) is 4.71. The van der Waals surface area contributed by atoms with Crippen LogP contribution in [-0.4, -0.2) is 12.6 Å². The van der Waals surface area contributed by atoms with E-state index in [2.05, 4.69) is 26.1 Å². The molecule has 0 aromatic heterocycles. The molecule has 0 saturated heterocycles. The number of hydrogen-bond acceptors (Lipinski definition) is 1. The predicted octanol–water partition coefficient (Wildman–Crippen LogP) is 2.95. The van der Waals surface area contributed by atoms with Gasteiger partial charge in [-0.25, -0.2) is 0 Å². The number of rotatable bonds is 4. The minimum absolute atomic E-state index is 0.615. The topological polar surface area (TPSA) is 12.0 Å². The third-order valence-electron chi connectivity index (χ3n) is 3.30. The van der Waals surface area contributed by atoms with Gasteiger partial charge in [-0.1, -0.05) is 26.7 Å². The Kier molecular flexibility index (Phi) is 3.57. The Morgan fingerprint density at radius 2 is 1.92 bits per heavy atom. The summed E-state index contributed by atoms with van der Waals surface area (Å²) in [6.45, 7) is 8.17. The van der Waals surface area contributed by atoms with E-state index in [1.165, 1.54) is 38.6 Å². The van der Waals surface area contributed by atoms with Crippen LogP contribution in [-0.2, 0) is 0 Å². The zero-order valence-corrected chi connectivity index (χ0v) is 8.82. The van der Waals surface area contributed by atoms with Crippen molar-refractivity contribution in [3.63, 3.8) is 0 Å². The molecular formula is C11H23N. The van der Waals surface area contributed by atoms with Gasteiger partial charge in [-0.05, 0) is 31.6 Å². The van der Waals surface area contributed by atoms with Crippen LogP contribution in [0.3, 0.4) is 0 Å². The first-order valence-electron chi connectivity index (χ1n) is 5.40. The average molecular weight is 169 g/mol. The summed E-state index contributed by atoms with van der Waals surface area (Å²) >= 11 is 0. The molecule has 0 bridgehead atoms. The molecule has 1 saturated carbocycles. The molecule has 0 amide bonds. The third kappa shape index (κ3) is 2.78. The Balaban J connectivity index is 2.21. The van der Waals surface area contributed by atoms with Gasteiger partial charge in [0.05, 0.1) is 0 Å². The van der Waals surface area contributed by atoms with Crippen LogP contribution in [0.2, 0.25) is 0 Å². The Morgan fingerprint density at radius 1 is 1.33 bits per heavy atom. The van der Waals surface area contributed by atoms with Crippen LogP contribution < -0.4 is 5.32 Å². The first kappa shape index (κ1) is 10.0. The van der Waals surface area contributed by atoms with E-state index in [4.69, 9.17) is 0 Å². The lowest BCUT2D eigenvalue weighted by Crippen LogP contribution is -2.35. The van der Waals surface area contributed by atoms with E-state index >= 15 is 0 Å². The summed E-state index contributed by atoms with van der Waals surface area (Å²) in [6, 6.07) is 0.697. The number of nitrogens with one attached hydrogen (secondary N) is 1. The van der Waals surface area contributed by atoms with Gasteiger partial charge in [0.25, 0.3) is 0 Å². The molecule has 1 heteroatoms. The van der Waals surface area contributed by atoms with Crippen molar-refractivity contribution in [1.29, 1.82) is 0 Å². The fourth-order valence-electron chi connectivity index (χ4n) is 1.97. The van der Waals surface area contributed by atoms with Gasteiger partial charge in [-0.3, -0.25) is 0 Å². The van der Waals surface area contributed by atoms with Gasteiger partial charge >= 0.3 is 0 Å². The van der Waals surface area contributed by atoms with Gasteiger partial charge in [0.15, 0.2) is 0 Å². The lowest BCUT2D eigenvalue weighted by atomic mass is 9.88. The van der Waals surface area contributed by atoms with Crippen LogP contribution in [0.15, 0.2) is 0 Å². The van der Waals surface area contributed by atoms with Crippen molar-refractivity contribution in [2.45, 2.75) is 58.9 Å². The molecule has 12 heavy (non-hydrogen) atoms. The fourth-order valence-corrected chi connectivity index (χ4v) is 1.97. The average Bonchev–Trinajstić information content (AvgIpc) is 2.49. The smallest absolute Gasteiger partial charge is 0.00363 e. The second kappa shape index (κ2) is 4.27. The molecule has 0 radical (unpaired) electrons. The largest absolute Gasteiger partial charge is 0.314 e. The molecule has 1 rings (SSSR count). The molecule has 0 aromatic carbocycles. The van der Waals surface area contributed by atoms with Gasteiger partial charge in [-0.15, -0.1) is 0 Å². The van der Waals surface area contributed by atoms with Gasteiger partial charge < -0.3 is 5.32 Å².